The smallest absolute Gasteiger partial charge is 0.180 e. The van der Waals surface area contributed by atoms with Gasteiger partial charge in [-0.15, -0.1) is 0 Å². The van der Waals surface area contributed by atoms with Crippen LogP contribution in [0.4, 0.5) is 10.2 Å². The Morgan fingerprint density at radius 3 is 2.79 bits per heavy atom. The highest BCUT2D eigenvalue weighted by molar-refractivity contribution is 5.95. The van der Waals surface area contributed by atoms with Crippen molar-refractivity contribution >= 4 is 27.9 Å². The number of alkyl halides is 1. The standard InChI is InChI=1S/C20H21FN6O/c21-10-18-25-19-14(9-17(22)24-20(19)26-18)16-8-13-7-12(1-2-15(13)23-16)11-27-3-5-28-6-4-27/h1-2,7-9,23H,3-6,10-11H2,(H3,22,24,25,26). The predicted molar refractivity (Wildman–Crippen MR) is 107 cm³/mol. The minimum absolute atomic E-state index is 0.248. The Morgan fingerprint density at radius 1 is 1.11 bits per heavy atom. The molecule has 0 radical (unpaired) electrons. The van der Waals surface area contributed by atoms with Crippen molar-refractivity contribution in [2.24, 2.45) is 0 Å². The molecule has 0 unspecified atom stereocenters. The van der Waals surface area contributed by atoms with Gasteiger partial charge in [0, 0.05) is 41.8 Å². The molecular weight excluding hydrogens is 359 g/mol. The summed E-state index contributed by atoms with van der Waals surface area (Å²) in [6.07, 6.45) is 0. The minimum Gasteiger partial charge on any atom is -0.384 e. The second-order valence-electron chi connectivity index (χ2n) is 7.10. The lowest BCUT2D eigenvalue weighted by atomic mass is 10.1. The van der Waals surface area contributed by atoms with Gasteiger partial charge in [-0.1, -0.05) is 6.07 Å². The first-order chi connectivity index (χ1) is 13.7. The number of hydrogen-bond acceptors (Lipinski definition) is 5. The lowest BCUT2D eigenvalue weighted by Gasteiger charge is -2.26. The summed E-state index contributed by atoms with van der Waals surface area (Å²) in [5.41, 5.74) is 11.1. The van der Waals surface area contributed by atoms with E-state index < -0.39 is 6.67 Å². The zero-order valence-electron chi connectivity index (χ0n) is 15.3. The van der Waals surface area contributed by atoms with Crippen molar-refractivity contribution in [3.63, 3.8) is 0 Å². The number of nitrogens with one attached hydrogen (secondary N) is 2. The molecule has 3 aromatic heterocycles. The SMILES string of the molecule is Nc1cc(-c2cc3cc(CN4CCOCC4)ccc3[nH]2)c2[nH]c(CF)nc2n1. The van der Waals surface area contributed by atoms with Crippen LogP contribution in [0.15, 0.2) is 30.3 Å². The summed E-state index contributed by atoms with van der Waals surface area (Å²) in [6.45, 7) is 3.74. The number of nitrogens with two attached hydrogens (primary N) is 1. The maximum Gasteiger partial charge on any atom is 0.180 e. The van der Waals surface area contributed by atoms with Crippen LogP contribution in [0, 0.1) is 0 Å². The summed E-state index contributed by atoms with van der Waals surface area (Å²) in [6, 6.07) is 10.3. The van der Waals surface area contributed by atoms with E-state index in [1.807, 2.05) is 0 Å². The van der Waals surface area contributed by atoms with Crippen molar-refractivity contribution in [1.82, 2.24) is 24.8 Å². The normalized spacial score (nSPS) is 15.6. The number of rotatable bonds is 4. The monoisotopic (exact) mass is 380 g/mol. The van der Waals surface area contributed by atoms with Gasteiger partial charge in [0.25, 0.3) is 0 Å². The molecule has 4 N–H and O–H groups in total. The Bertz CT molecular complexity index is 1140. The molecule has 0 aliphatic carbocycles. The number of aromatic amines is 2. The Hall–Kier alpha value is -2.97. The van der Waals surface area contributed by atoms with Gasteiger partial charge >= 0.3 is 0 Å². The molecule has 1 aliphatic rings. The molecule has 4 heterocycles. The van der Waals surface area contributed by atoms with Gasteiger partial charge in [0.2, 0.25) is 0 Å². The van der Waals surface area contributed by atoms with Crippen molar-refractivity contribution in [3.05, 3.63) is 41.7 Å². The average Bonchev–Trinajstić information content (AvgIpc) is 3.31. The van der Waals surface area contributed by atoms with Gasteiger partial charge in [0.15, 0.2) is 5.65 Å². The zero-order chi connectivity index (χ0) is 19.1. The number of anilines is 1. The summed E-state index contributed by atoms with van der Waals surface area (Å²) >= 11 is 0. The Balaban J connectivity index is 1.53. The van der Waals surface area contributed by atoms with E-state index in [1.54, 1.807) is 6.07 Å². The number of fused-ring (bicyclic) bond motifs is 2. The van der Waals surface area contributed by atoms with E-state index in [0.717, 1.165) is 55.0 Å². The van der Waals surface area contributed by atoms with Crippen LogP contribution in [0.25, 0.3) is 33.3 Å². The van der Waals surface area contributed by atoms with E-state index in [4.69, 9.17) is 10.5 Å². The summed E-state index contributed by atoms with van der Waals surface area (Å²) in [4.78, 5) is 17.2. The molecule has 1 saturated heterocycles. The number of morpholine rings is 1. The molecule has 8 heteroatoms. The topological polar surface area (TPSA) is 95.8 Å². The third-order valence-electron chi connectivity index (χ3n) is 5.14. The molecule has 1 fully saturated rings. The lowest BCUT2D eigenvalue weighted by Crippen LogP contribution is -2.35. The fraction of sp³-hybridized carbons (Fsp3) is 0.300. The van der Waals surface area contributed by atoms with E-state index in [-0.39, 0.29) is 5.82 Å². The maximum absolute atomic E-state index is 13.0. The van der Waals surface area contributed by atoms with Gasteiger partial charge in [0.05, 0.1) is 18.7 Å². The molecule has 0 atom stereocenters. The highest BCUT2D eigenvalue weighted by Crippen LogP contribution is 2.31. The van der Waals surface area contributed by atoms with Crippen LogP contribution in [0.3, 0.4) is 0 Å². The number of aromatic nitrogens is 4. The molecule has 5 rings (SSSR count). The Labute approximate surface area is 160 Å². The third kappa shape index (κ3) is 3.10. The van der Waals surface area contributed by atoms with Crippen LogP contribution in [-0.4, -0.2) is 51.1 Å². The van der Waals surface area contributed by atoms with Gasteiger partial charge in [-0.2, -0.15) is 0 Å². The van der Waals surface area contributed by atoms with Crippen molar-refractivity contribution in [2.75, 3.05) is 32.0 Å². The van der Waals surface area contributed by atoms with Gasteiger partial charge in [0.1, 0.15) is 18.3 Å². The summed E-state index contributed by atoms with van der Waals surface area (Å²) < 4.78 is 18.5. The van der Waals surface area contributed by atoms with Crippen molar-refractivity contribution in [1.29, 1.82) is 0 Å². The van der Waals surface area contributed by atoms with E-state index >= 15 is 0 Å². The van der Waals surface area contributed by atoms with Crippen LogP contribution < -0.4 is 5.73 Å². The average molecular weight is 380 g/mol. The maximum atomic E-state index is 13.0. The second-order valence-corrected chi connectivity index (χ2v) is 7.10. The van der Waals surface area contributed by atoms with Gasteiger partial charge < -0.3 is 20.4 Å². The van der Waals surface area contributed by atoms with E-state index in [1.165, 1.54) is 5.56 Å². The van der Waals surface area contributed by atoms with Crippen molar-refractivity contribution < 1.29 is 9.13 Å². The fourth-order valence-corrected chi connectivity index (χ4v) is 3.77. The number of nitrogens with zero attached hydrogens (tertiary/aromatic N) is 3. The molecule has 0 amide bonds. The van der Waals surface area contributed by atoms with Gasteiger partial charge in [-0.25, -0.2) is 14.4 Å². The van der Waals surface area contributed by atoms with E-state index in [9.17, 15) is 4.39 Å². The highest BCUT2D eigenvalue weighted by Gasteiger charge is 2.15. The molecule has 7 nitrogen and oxygen atoms in total. The number of H-pyrrole nitrogens is 2. The van der Waals surface area contributed by atoms with Crippen LogP contribution >= 0.6 is 0 Å². The molecule has 4 aromatic rings. The summed E-state index contributed by atoms with van der Waals surface area (Å²) in [7, 11) is 0. The van der Waals surface area contributed by atoms with Gasteiger partial charge in [-0.3, -0.25) is 4.90 Å². The summed E-state index contributed by atoms with van der Waals surface area (Å²) in [5.74, 6) is 0.601. The molecule has 0 saturated carbocycles. The van der Waals surface area contributed by atoms with E-state index in [0.29, 0.717) is 17.0 Å². The van der Waals surface area contributed by atoms with Crippen LogP contribution in [0.2, 0.25) is 0 Å². The largest absolute Gasteiger partial charge is 0.384 e. The molecule has 144 valence electrons. The Kier molecular flexibility index (Phi) is 4.22. The van der Waals surface area contributed by atoms with Crippen LogP contribution in [-0.2, 0) is 18.0 Å². The first-order valence-corrected chi connectivity index (χ1v) is 9.33. The fourth-order valence-electron chi connectivity index (χ4n) is 3.77. The minimum atomic E-state index is -0.673. The number of ether oxygens (including phenoxy) is 1. The summed E-state index contributed by atoms with van der Waals surface area (Å²) in [5, 5.41) is 1.12. The predicted octanol–water partition coefficient (Wildman–Crippen LogP) is 2.99. The van der Waals surface area contributed by atoms with Crippen molar-refractivity contribution in [2.45, 2.75) is 13.2 Å². The van der Waals surface area contributed by atoms with Crippen molar-refractivity contribution in [3.8, 4) is 11.3 Å². The molecular formula is C20H21FN6O. The first-order valence-electron chi connectivity index (χ1n) is 9.33. The number of pyridine rings is 1. The highest BCUT2D eigenvalue weighted by atomic mass is 19.1. The molecule has 0 spiro atoms. The number of imidazole rings is 1. The number of benzene rings is 1. The first kappa shape index (κ1) is 17.2. The molecule has 1 aliphatic heterocycles. The lowest BCUT2D eigenvalue weighted by molar-refractivity contribution is 0.0342. The molecule has 28 heavy (non-hydrogen) atoms. The van der Waals surface area contributed by atoms with Crippen LogP contribution in [0.5, 0.6) is 0 Å². The second kappa shape index (κ2) is 6.88. The van der Waals surface area contributed by atoms with Crippen LogP contribution in [0.1, 0.15) is 11.4 Å². The number of nitrogen functional groups attached to an aromatic ring is 1. The molecule has 0 bridgehead atoms. The molecule has 1 aromatic carbocycles. The van der Waals surface area contributed by atoms with Gasteiger partial charge in [-0.05, 0) is 29.8 Å². The quantitative estimate of drug-likeness (QED) is 0.506. The van der Waals surface area contributed by atoms with E-state index in [2.05, 4.69) is 49.1 Å². The Morgan fingerprint density at radius 2 is 1.96 bits per heavy atom. The number of hydrogen-bond donors (Lipinski definition) is 3. The number of halogens is 1. The zero-order valence-corrected chi connectivity index (χ0v) is 15.3. The third-order valence-corrected chi connectivity index (χ3v) is 5.14.